The molecule has 1 heterocycles. The fourth-order valence-corrected chi connectivity index (χ4v) is 2.72. The van der Waals surface area contributed by atoms with Gasteiger partial charge in [-0.05, 0) is 37.3 Å². The van der Waals surface area contributed by atoms with Crippen LogP contribution in [-0.4, -0.2) is 12.1 Å². The maximum Gasteiger partial charge on any atom is 0.217 e. The first-order chi connectivity index (χ1) is 10.3. The predicted molar refractivity (Wildman–Crippen MR) is 84.3 cm³/mol. The minimum Gasteiger partial charge on any atom is -0.481 e. The predicted octanol–water partition coefficient (Wildman–Crippen LogP) is 3.64. The summed E-state index contributed by atoms with van der Waals surface area (Å²) in [4.78, 5) is 4.26. The van der Waals surface area contributed by atoms with Crippen molar-refractivity contribution in [2.24, 2.45) is 5.92 Å². The van der Waals surface area contributed by atoms with E-state index in [1.807, 2.05) is 6.07 Å². The number of aromatic nitrogens is 1. The Morgan fingerprint density at radius 2 is 2.00 bits per heavy atom. The van der Waals surface area contributed by atoms with E-state index < -0.39 is 0 Å². The highest BCUT2D eigenvalue weighted by molar-refractivity contribution is 5.28. The molecule has 1 aromatic carbocycles. The number of pyridine rings is 1. The third-order valence-corrected chi connectivity index (χ3v) is 4.09. The highest BCUT2D eigenvalue weighted by Crippen LogP contribution is 2.41. The molecule has 1 aliphatic rings. The smallest absolute Gasteiger partial charge is 0.217 e. The van der Waals surface area contributed by atoms with Gasteiger partial charge in [-0.2, -0.15) is 0 Å². The quantitative estimate of drug-likeness (QED) is 0.878. The van der Waals surface area contributed by atoms with Gasteiger partial charge < -0.3 is 10.1 Å². The number of hydrogen-bond acceptors (Lipinski definition) is 3. The zero-order valence-electron chi connectivity index (χ0n) is 12.7. The maximum absolute atomic E-state index is 5.32. The summed E-state index contributed by atoms with van der Waals surface area (Å²) in [7, 11) is 1.67. The Bertz CT molecular complexity index is 590. The molecule has 1 unspecified atom stereocenters. The largest absolute Gasteiger partial charge is 0.481 e. The monoisotopic (exact) mass is 282 g/mol. The van der Waals surface area contributed by atoms with Gasteiger partial charge in [0.25, 0.3) is 0 Å². The van der Waals surface area contributed by atoms with E-state index in [-0.39, 0.29) is 0 Å². The second-order valence-corrected chi connectivity index (χ2v) is 5.78. The van der Waals surface area contributed by atoms with Gasteiger partial charge in [0.2, 0.25) is 5.88 Å². The van der Waals surface area contributed by atoms with Crippen molar-refractivity contribution in [1.29, 1.82) is 0 Å². The lowest BCUT2D eigenvalue weighted by molar-refractivity contribution is 0.386. The van der Waals surface area contributed by atoms with Crippen LogP contribution in [0.5, 0.6) is 5.88 Å². The van der Waals surface area contributed by atoms with Crippen LogP contribution in [0.2, 0.25) is 0 Å². The average Bonchev–Trinajstić information content (AvgIpc) is 3.34. The maximum atomic E-state index is 5.32. The molecule has 1 aromatic heterocycles. The van der Waals surface area contributed by atoms with Crippen LogP contribution in [0.25, 0.3) is 0 Å². The van der Waals surface area contributed by atoms with Crippen molar-refractivity contribution in [2.75, 3.05) is 7.11 Å². The van der Waals surface area contributed by atoms with Gasteiger partial charge >= 0.3 is 0 Å². The lowest BCUT2D eigenvalue weighted by atomic mass is 10.0. The topological polar surface area (TPSA) is 34.1 Å². The number of ether oxygens (including phenoxy) is 1. The van der Waals surface area contributed by atoms with Crippen LogP contribution < -0.4 is 10.1 Å². The van der Waals surface area contributed by atoms with E-state index in [2.05, 4.69) is 47.6 Å². The van der Waals surface area contributed by atoms with Gasteiger partial charge in [-0.3, -0.25) is 0 Å². The molecule has 1 fully saturated rings. The average molecular weight is 282 g/mol. The fourth-order valence-electron chi connectivity index (χ4n) is 2.72. The van der Waals surface area contributed by atoms with Gasteiger partial charge in [-0.1, -0.05) is 35.9 Å². The lowest BCUT2D eigenvalue weighted by Crippen LogP contribution is -2.23. The summed E-state index contributed by atoms with van der Waals surface area (Å²) in [5, 5.41) is 3.69. The molecule has 1 atom stereocenters. The molecule has 2 aromatic rings. The molecular formula is C18H22N2O. The summed E-state index contributed by atoms with van der Waals surface area (Å²) < 4.78 is 5.32. The zero-order chi connectivity index (χ0) is 14.7. The Hall–Kier alpha value is -1.87. The molecule has 1 saturated carbocycles. The molecule has 0 amide bonds. The molecular weight excluding hydrogens is 260 g/mol. The molecule has 3 rings (SSSR count). The number of methoxy groups -OCH3 is 1. The van der Waals surface area contributed by atoms with Crippen LogP contribution in [0, 0.1) is 12.8 Å². The summed E-state index contributed by atoms with van der Waals surface area (Å²) in [5.74, 6) is 1.47. The molecule has 110 valence electrons. The Balaban J connectivity index is 1.72. The molecule has 3 nitrogen and oxygen atoms in total. The van der Waals surface area contributed by atoms with Gasteiger partial charge in [0.15, 0.2) is 0 Å². The summed E-state index contributed by atoms with van der Waals surface area (Å²) in [6, 6.07) is 13.3. The zero-order valence-corrected chi connectivity index (χ0v) is 12.7. The van der Waals surface area contributed by atoms with Crippen LogP contribution in [-0.2, 0) is 6.54 Å². The van der Waals surface area contributed by atoms with E-state index in [9.17, 15) is 0 Å². The highest BCUT2D eigenvalue weighted by Gasteiger charge is 2.32. The molecule has 0 bridgehead atoms. The van der Waals surface area contributed by atoms with Crippen molar-refractivity contribution in [1.82, 2.24) is 10.3 Å². The fraction of sp³-hybridized carbons (Fsp3) is 0.389. The Morgan fingerprint density at radius 1 is 1.24 bits per heavy atom. The summed E-state index contributed by atoms with van der Waals surface area (Å²) in [5.41, 5.74) is 3.80. The standard InChI is InChI=1S/C18H22N2O/c1-13-5-7-14(8-6-13)17(15-9-10-15)20-12-16-4-3-11-19-18(16)21-2/h3-8,11,15,17,20H,9-10,12H2,1-2H3. The Morgan fingerprint density at radius 3 is 2.67 bits per heavy atom. The van der Waals surface area contributed by atoms with Crippen molar-refractivity contribution in [3.63, 3.8) is 0 Å². The summed E-state index contributed by atoms with van der Waals surface area (Å²) in [6.07, 6.45) is 4.39. The van der Waals surface area contributed by atoms with Crippen LogP contribution in [0.3, 0.4) is 0 Å². The molecule has 0 saturated heterocycles. The number of hydrogen-bond donors (Lipinski definition) is 1. The van der Waals surface area contributed by atoms with Crippen molar-refractivity contribution >= 4 is 0 Å². The first-order valence-corrected chi connectivity index (χ1v) is 7.56. The van der Waals surface area contributed by atoms with E-state index in [0.29, 0.717) is 11.9 Å². The lowest BCUT2D eigenvalue weighted by Gasteiger charge is -2.19. The molecule has 0 radical (unpaired) electrons. The minimum absolute atomic E-state index is 0.426. The third kappa shape index (κ3) is 3.42. The van der Waals surface area contributed by atoms with Crippen LogP contribution in [0.15, 0.2) is 42.6 Å². The van der Waals surface area contributed by atoms with Crippen LogP contribution in [0.1, 0.15) is 35.6 Å². The van der Waals surface area contributed by atoms with Crippen molar-refractivity contribution in [2.45, 2.75) is 32.4 Å². The van der Waals surface area contributed by atoms with Crippen molar-refractivity contribution < 1.29 is 4.74 Å². The van der Waals surface area contributed by atoms with Gasteiger partial charge in [-0.25, -0.2) is 4.98 Å². The number of aryl methyl sites for hydroxylation is 1. The Kier molecular flexibility index (Phi) is 4.20. The number of nitrogens with one attached hydrogen (secondary N) is 1. The van der Waals surface area contributed by atoms with Gasteiger partial charge in [0.1, 0.15) is 0 Å². The molecule has 0 aliphatic heterocycles. The van der Waals surface area contributed by atoms with Crippen molar-refractivity contribution in [3.05, 3.63) is 59.3 Å². The van der Waals surface area contributed by atoms with Crippen molar-refractivity contribution in [3.8, 4) is 5.88 Å². The molecule has 0 spiro atoms. The normalized spacial score (nSPS) is 15.7. The second-order valence-electron chi connectivity index (χ2n) is 5.78. The van der Waals surface area contributed by atoms with E-state index in [1.54, 1.807) is 13.3 Å². The second kappa shape index (κ2) is 6.27. The van der Waals surface area contributed by atoms with Gasteiger partial charge in [-0.15, -0.1) is 0 Å². The van der Waals surface area contributed by atoms with E-state index in [4.69, 9.17) is 4.74 Å². The van der Waals surface area contributed by atoms with Crippen LogP contribution in [0.4, 0.5) is 0 Å². The van der Waals surface area contributed by atoms with E-state index >= 15 is 0 Å². The molecule has 1 N–H and O–H groups in total. The third-order valence-electron chi connectivity index (χ3n) is 4.09. The first kappa shape index (κ1) is 14.1. The Labute approximate surface area is 126 Å². The first-order valence-electron chi connectivity index (χ1n) is 7.56. The summed E-state index contributed by atoms with van der Waals surface area (Å²) >= 11 is 0. The van der Waals surface area contributed by atoms with E-state index in [0.717, 1.165) is 18.0 Å². The van der Waals surface area contributed by atoms with E-state index in [1.165, 1.54) is 24.0 Å². The minimum atomic E-state index is 0.426. The molecule has 21 heavy (non-hydrogen) atoms. The number of rotatable bonds is 6. The van der Waals surface area contributed by atoms with Gasteiger partial charge in [0, 0.05) is 24.3 Å². The van der Waals surface area contributed by atoms with Gasteiger partial charge in [0.05, 0.1) is 7.11 Å². The highest BCUT2D eigenvalue weighted by atomic mass is 16.5. The van der Waals surface area contributed by atoms with Crippen LogP contribution >= 0.6 is 0 Å². The number of nitrogens with zero attached hydrogens (tertiary/aromatic N) is 1. The SMILES string of the molecule is COc1ncccc1CNC(c1ccc(C)cc1)C1CC1. The molecule has 1 aliphatic carbocycles. The number of benzene rings is 1. The molecule has 3 heteroatoms. The summed E-state index contributed by atoms with van der Waals surface area (Å²) in [6.45, 7) is 2.91.